The zero-order valence-corrected chi connectivity index (χ0v) is 20.4. The molecule has 0 saturated carbocycles. The number of carboxylic acid groups (broad SMARTS) is 1. The molecular weight excluding hydrogens is 479 g/mol. The van der Waals surface area contributed by atoms with Crippen molar-refractivity contribution in [3.8, 4) is 0 Å². The predicted octanol–water partition coefficient (Wildman–Crippen LogP) is 4.07. The van der Waals surface area contributed by atoms with Crippen LogP contribution in [0.1, 0.15) is 31.9 Å². The van der Waals surface area contributed by atoms with Gasteiger partial charge in [-0.15, -0.1) is 0 Å². The minimum atomic E-state index is -1.12. The molecule has 2 N–H and O–H groups in total. The molecule has 3 rings (SSSR count). The van der Waals surface area contributed by atoms with Gasteiger partial charge >= 0.3 is 17.3 Å². The van der Waals surface area contributed by atoms with Gasteiger partial charge in [-0.3, -0.25) is 14.3 Å². The molecule has 0 spiro atoms. The van der Waals surface area contributed by atoms with Crippen molar-refractivity contribution in [2.45, 2.75) is 33.9 Å². The average Bonchev–Trinajstić information content (AvgIpc) is 2.76. The number of nitrogens with one attached hydrogen (secondary N) is 1. The predicted molar refractivity (Wildman–Crippen MR) is 133 cm³/mol. The largest absolute Gasteiger partial charge is 0.481 e. The number of aliphatic carboxylic acids is 1. The second kappa shape index (κ2) is 10.7. The summed E-state index contributed by atoms with van der Waals surface area (Å²) in [4.78, 5) is 44.3. The van der Waals surface area contributed by atoms with E-state index in [2.05, 4.69) is 9.98 Å². The summed E-state index contributed by atoms with van der Waals surface area (Å²) in [5.41, 5.74) is 1.65. The SMILES string of the molecule is CC(C)=Cc1ccc(/N=c2\[nH]c(=O)n(C[C@H](C)C(=O)O)c(=O)n2Cc2ccc(Cl)cc2)cc1Cl. The quantitative estimate of drug-likeness (QED) is 0.507. The summed E-state index contributed by atoms with van der Waals surface area (Å²) in [6.45, 7) is 5.13. The van der Waals surface area contributed by atoms with Crippen LogP contribution in [0.4, 0.5) is 5.69 Å². The molecule has 0 radical (unpaired) electrons. The molecule has 0 saturated heterocycles. The van der Waals surface area contributed by atoms with Crippen LogP contribution in [0.2, 0.25) is 10.0 Å². The Balaban J connectivity index is 2.19. The lowest BCUT2D eigenvalue weighted by Crippen LogP contribution is -2.51. The van der Waals surface area contributed by atoms with Crippen molar-refractivity contribution >= 4 is 40.9 Å². The molecule has 8 nitrogen and oxygen atoms in total. The van der Waals surface area contributed by atoms with Crippen LogP contribution in [0.15, 0.2) is 62.6 Å². The van der Waals surface area contributed by atoms with Gasteiger partial charge in [-0.2, -0.15) is 0 Å². The van der Waals surface area contributed by atoms with Crippen molar-refractivity contribution in [3.05, 3.63) is 95.8 Å². The first-order valence-electron chi connectivity index (χ1n) is 10.5. The zero-order valence-electron chi connectivity index (χ0n) is 18.9. The highest BCUT2D eigenvalue weighted by molar-refractivity contribution is 6.32. The third-order valence-corrected chi connectivity index (χ3v) is 5.56. The Labute approximate surface area is 205 Å². The second-order valence-electron chi connectivity index (χ2n) is 8.14. The lowest BCUT2D eigenvalue weighted by Gasteiger charge is -2.13. The molecule has 0 bridgehead atoms. The molecule has 10 heteroatoms. The second-order valence-corrected chi connectivity index (χ2v) is 8.98. The molecule has 178 valence electrons. The molecule has 0 aliphatic rings. The van der Waals surface area contributed by atoms with Crippen LogP contribution in [-0.2, 0) is 17.9 Å². The number of aromatic nitrogens is 3. The van der Waals surface area contributed by atoms with Crippen LogP contribution in [0.3, 0.4) is 0 Å². The summed E-state index contributed by atoms with van der Waals surface area (Å²) in [5, 5.41) is 10.2. The summed E-state index contributed by atoms with van der Waals surface area (Å²) in [6.07, 6.45) is 1.93. The third kappa shape index (κ3) is 6.15. The number of allylic oxidation sites excluding steroid dienone is 1. The Kier molecular flexibility index (Phi) is 7.96. The number of H-pyrrole nitrogens is 1. The highest BCUT2D eigenvalue weighted by atomic mass is 35.5. The molecule has 0 fully saturated rings. The number of benzene rings is 2. The topological polar surface area (TPSA) is 109 Å². The van der Waals surface area contributed by atoms with Gasteiger partial charge in [-0.25, -0.2) is 19.1 Å². The van der Waals surface area contributed by atoms with Crippen LogP contribution in [0, 0.1) is 5.92 Å². The van der Waals surface area contributed by atoms with Crippen LogP contribution in [0.25, 0.3) is 6.08 Å². The molecule has 1 heterocycles. The molecule has 1 aromatic heterocycles. The summed E-state index contributed by atoms with van der Waals surface area (Å²) >= 11 is 12.3. The van der Waals surface area contributed by atoms with E-state index < -0.39 is 23.3 Å². The molecule has 2 aromatic carbocycles. The van der Waals surface area contributed by atoms with E-state index in [1.165, 1.54) is 11.5 Å². The minimum Gasteiger partial charge on any atom is -0.481 e. The number of hydrogen-bond acceptors (Lipinski definition) is 4. The normalized spacial score (nSPS) is 12.4. The Hall–Kier alpha value is -3.36. The average molecular weight is 503 g/mol. The summed E-state index contributed by atoms with van der Waals surface area (Å²) in [6, 6.07) is 12.0. The molecule has 0 unspecified atom stereocenters. The fourth-order valence-corrected chi connectivity index (χ4v) is 3.56. The van der Waals surface area contributed by atoms with Crippen molar-refractivity contribution < 1.29 is 9.90 Å². The number of nitrogens with zero attached hydrogens (tertiary/aromatic N) is 3. The van der Waals surface area contributed by atoms with Crippen molar-refractivity contribution in [2.75, 3.05) is 0 Å². The van der Waals surface area contributed by atoms with E-state index in [-0.39, 0.29) is 18.7 Å². The Bertz CT molecular complexity index is 1430. The van der Waals surface area contributed by atoms with Crippen molar-refractivity contribution in [1.29, 1.82) is 0 Å². The highest BCUT2D eigenvalue weighted by Crippen LogP contribution is 2.24. The van der Waals surface area contributed by atoms with Gasteiger partial charge in [-0.1, -0.05) is 60.0 Å². The number of carboxylic acids is 1. The molecule has 34 heavy (non-hydrogen) atoms. The van der Waals surface area contributed by atoms with Gasteiger partial charge in [0.1, 0.15) is 0 Å². The van der Waals surface area contributed by atoms with E-state index in [1.807, 2.05) is 19.9 Å². The first kappa shape index (κ1) is 25.3. The van der Waals surface area contributed by atoms with Gasteiger partial charge < -0.3 is 5.11 Å². The molecule has 3 aromatic rings. The monoisotopic (exact) mass is 502 g/mol. The maximum Gasteiger partial charge on any atom is 0.335 e. The van der Waals surface area contributed by atoms with Gasteiger partial charge in [0.15, 0.2) is 0 Å². The van der Waals surface area contributed by atoms with Crippen molar-refractivity contribution in [3.63, 3.8) is 0 Å². The lowest BCUT2D eigenvalue weighted by molar-refractivity contribution is -0.141. The number of carbonyl (C=O) groups is 1. The third-order valence-electron chi connectivity index (χ3n) is 4.98. The fraction of sp³-hybridized carbons (Fsp3) is 0.250. The first-order chi connectivity index (χ1) is 16.0. The number of hydrogen-bond donors (Lipinski definition) is 2. The smallest absolute Gasteiger partial charge is 0.335 e. The molecule has 1 atom stereocenters. The Morgan fingerprint density at radius 2 is 1.79 bits per heavy atom. The van der Waals surface area contributed by atoms with E-state index >= 15 is 0 Å². The van der Waals surface area contributed by atoms with Crippen LogP contribution >= 0.6 is 23.2 Å². The summed E-state index contributed by atoms with van der Waals surface area (Å²) in [5.74, 6) is -2.05. The Morgan fingerprint density at radius 3 is 2.38 bits per heavy atom. The van der Waals surface area contributed by atoms with E-state index in [9.17, 15) is 19.5 Å². The summed E-state index contributed by atoms with van der Waals surface area (Å²) < 4.78 is 2.13. The fourth-order valence-electron chi connectivity index (χ4n) is 3.21. The standard InChI is InChI=1S/C24H24Cl2N4O4/c1-14(2)10-17-6-9-19(11-20(17)26)27-22-28-23(33)30(12-15(3)21(31)32)24(34)29(22)13-16-4-7-18(25)8-5-16/h4-11,15H,12-13H2,1-3H3,(H,31,32)(H,27,28,33)/t15-/m0/s1. The zero-order chi connectivity index (χ0) is 25.0. The van der Waals surface area contributed by atoms with Crippen LogP contribution in [0.5, 0.6) is 0 Å². The van der Waals surface area contributed by atoms with Gasteiger partial charge in [0.25, 0.3) is 0 Å². The van der Waals surface area contributed by atoms with Gasteiger partial charge in [-0.05, 0) is 49.2 Å². The van der Waals surface area contributed by atoms with Crippen molar-refractivity contribution in [2.24, 2.45) is 10.9 Å². The highest BCUT2D eigenvalue weighted by Gasteiger charge is 2.17. The van der Waals surface area contributed by atoms with Gasteiger partial charge in [0.2, 0.25) is 5.62 Å². The maximum absolute atomic E-state index is 13.3. The minimum absolute atomic E-state index is 0.00945. The lowest BCUT2D eigenvalue weighted by atomic mass is 10.1. The van der Waals surface area contributed by atoms with E-state index in [0.29, 0.717) is 15.7 Å². The van der Waals surface area contributed by atoms with E-state index in [1.54, 1.807) is 42.5 Å². The van der Waals surface area contributed by atoms with E-state index in [0.717, 1.165) is 21.3 Å². The molecule has 0 amide bonds. The van der Waals surface area contributed by atoms with Crippen LogP contribution < -0.4 is 17.0 Å². The molecular formula is C24H24Cl2N4O4. The van der Waals surface area contributed by atoms with Crippen molar-refractivity contribution in [1.82, 2.24) is 14.1 Å². The number of aromatic amines is 1. The number of halogens is 2. The molecule has 0 aliphatic heterocycles. The molecule has 0 aliphatic carbocycles. The summed E-state index contributed by atoms with van der Waals surface area (Å²) in [7, 11) is 0. The van der Waals surface area contributed by atoms with Crippen LogP contribution in [-0.4, -0.2) is 25.2 Å². The van der Waals surface area contributed by atoms with E-state index in [4.69, 9.17) is 23.2 Å². The first-order valence-corrected chi connectivity index (χ1v) is 11.2. The number of rotatable bonds is 7. The Morgan fingerprint density at radius 1 is 1.12 bits per heavy atom. The maximum atomic E-state index is 13.3. The van der Waals surface area contributed by atoms with Gasteiger partial charge in [0.05, 0.1) is 18.2 Å². The van der Waals surface area contributed by atoms with Gasteiger partial charge in [0, 0.05) is 16.6 Å².